The Labute approximate surface area is 80.3 Å². The van der Waals surface area contributed by atoms with Gasteiger partial charge in [0.2, 0.25) is 0 Å². The minimum absolute atomic E-state index is 0.202. The molecule has 1 aliphatic heterocycles. The van der Waals surface area contributed by atoms with Gasteiger partial charge in [-0.05, 0) is 13.8 Å². The largest absolute Gasteiger partial charge is 0.370 e. The number of hydrogen-bond acceptors (Lipinski definition) is 2. The fourth-order valence-corrected chi connectivity index (χ4v) is 1.96. The van der Waals surface area contributed by atoms with E-state index in [0.717, 1.165) is 43.6 Å². The molecule has 0 aromatic carbocycles. The van der Waals surface area contributed by atoms with Crippen molar-refractivity contribution in [2.45, 2.75) is 13.8 Å². The van der Waals surface area contributed by atoms with Crippen molar-refractivity contribution in [2.75, 3.05) is 39.9 Å². The summed E-state index contributed by atoms with van der Waals surface area (Å²) in [5.74, 6) is 0. The van der Waals surface area contributed by atoms with Gasteiger partial charge in [-0.15, -0.1) is 0 Å². The molecule has 0 atom stereocenters. The zero-order valence-electron chi connectivity index (χ0n) is 8.88. The number of carbonyl (C=O) groups is 1. The van der Waals surface area contributed by atoms with Gasteiger partial charge in [-0.25, -0.2) is 0 Å². The van der Waals surface area contributed by atoms with Crippen LogP contribution in [0, 0.1) is 5.41 Å². The summed E-state index contributed by atoms with van der Waals surface area (Å²) in [6.45, 7) is 8.61. The molecule has 1 heterocycles. The highest BCUT2D eigenvalue weighted by molar-refractivity contribution is 5.57. The van der Waals surface area contributed by atoms with Gasteiger partial charge in [-0.1, -0.05) is 0 Å². The number of ether oxygens (including phenoxy) is 1. The number of morpholine rings is 1. The van der Waals surface area contributed by atoms with Crippen molar-refractivity contribution in [2.24, 2.45) is 5.41 Å². The number of rotatable bonds is 3. The second-order valence-corrected chi connectivity index (χ2v) is 4.94. The monoisotopic (exact) mass is 186 g/mol. The van der Waals surface area contributed by atoms with Crippen LogP contribution in [-0.2, 0) is 9.53 Å². The van der Waals surface area contributed by atoms with Crippen LogP contribution in [0.4, 0.5) is 0 Å². The van der Waals surface area contributed by atoms with Crippen LogP contribution in [0.2, 0.25) is 0 Å². The fraction of sp³-hybridized carbons (Fsp3) is 0.900. The third-order valence-electron chi connectivity index (χ3n) is 2.66. The van der Waals surface area contributed by atoms with Crippen LogP contribution >= 0.6 is 0 Å². The second kappa shape index (κ2) is 3.76. The molecule has 0 unspecified atom stereocenters. The fourth-order valence-electron chi connectivity index (χ4n) is 1.96. The molecule has 0 amide bonds. The van der Waals surface area contributed by atoms with Gasteiger partial charge < -0.3 is 14.0 Å². The maximum atomic E-state index is 10.8. The van der Waals surface area contributed by atoms with E-state index < -0.39 is 0 Å². The van der Waals surface area contributed by atoms with Crippen molar-refractivity contribution in [3.05, 3.63) is 0 Å². The smallest absolute Gasteiger partial charge is 0.131 e. The summed E-state index contributed by atoms with van der Waals surface area (Å²) in [5, 5.41) is 0. The number of quaternary nitrogens is 1. The average Bonchev–Trinajstić information content (AvgIpc) is 2.04. The molecule has 0 saturated carbocycles. The van der Waals surface area contributed by atoms with E-state index in [-0.39, 0.29) is 5.41 Å². The first kappa shape index (κ1) is 10.7. The summed E-state index contributed by atoms with van der Waals surface area (Å²) >= 11 is 0. The van der Waals surface area contributed by atoms with Gasteiger partial charge in [-0.3, -0.25) is 0 Å². The number of hydrogen-bond donors (Lipinski definition) is 0. The molecule has 1 fully saturated rings. The van der Waals surface area contributed by atoms with Crippen molar-refractivity contribution in [3.63, 3.8) is 0 Å². The van der Waals surface area contributed by atoms with Gasteiger partial charge >= 0.3 is 0 Å². The summed E-state index contributed by atoms with van der Waals surface area (Å²) in [4.78, 5) is 10.8. The number of aldehydes is 1. The maximum Gasteiger partial charge on any atom is 0.131 e. The van der Waals surface area contributed by atoms with Crippen molar-refractivity contribution < 1.29 is 14.0 Å². The molecule has 0 aromatic heterocycles. The second-order valence-electron chi connectivity index (χ2n) is 4.94. The van der Waals surface area contributed by atoms with E-state index >= 15 is 0 Å². The average molecular weight is 186 g/mol. The Morgan fingerprint density at radius 1 is 1.38 bits per heavy atom. The molecule has 0 N–H and O–H groups in total. The molecule has 1 aliphatic rings. The molecule has 76 valence electrons. The predicted octanol–water partition coefficient (Wildman–Crippen LogP) is 0.688. The summed E-state index contributed by atoms with van der Waals surface area (Å²) in [5.41, 5.74) is -0.202. The van der Waals surface area contributed by atoms with Gasteiger partial charge in [0.25, 0.3) is 0 Å². The van der Waals surface area contributed by atoms with E-state index in [9.17, 15) is 4.79 Å². The van der Waals surface area contributed by atoms with Gasteiger partial charge in [0.1, 0.15) is 19.4 Å². The van der Waals surface area contributed by atoms with E-state index in [2.05, 4.69) is 7.05 Å². The van der Waals surface area contributed by atoms with E-state index in [1.807, 2.05) is 13.8 Å². The minimum atomic E-state index is -0.202. The zero-order valence-corrected chi connectivity index (χ0v) is 8.88. The van der Waals surface area contributed by atoms with Crippen LogP contribution in [0.1, 0.15) is 13.8 Å². The van der Waals surface area contributed by atoms with Crippen molar-refractivity contribution >= 4 is 6.29 Å². The topological polar surface area (TPSA) is 26.3 Å². The van der Waals surface area contributed by atoms with Crippen LogP contribution in [0.5, 0.6) is 0 Å². The third kappa shape index (κ3) is 3.08. The molecule has 0 aliphatic carbocycles. The first-order valence-corrected chi connectivity index (χ1v) is 4.85. The molecule has 3 nitrogen and oxygen atoms in total. The first-order valence-electron chi connectivity index (χ1n) is 4.85. The lowest BCUT2D eigenvalue weighted by Gasteiger charge is -2.41. The van der Waals surface area contributed by atoms with E-state index in [1.54, 1.807) is 0 Å². The molecule has 1 saturated heterocycles. The normalized spacial score (nSPS) is 22.7. The molecular formula is C10H20NO2+. The number of carbonyl (C=O) groups excluding carboxylic acids is 1. The van der Waals surface area contributed by atoms with Gasteiger partial charge in [0.05, 0.1) is 32.2 Å². The SMILES string of the molecule is CC(C)(C=O)C[N+]1(C)CCOCC1. The Balaban J connectivity index is 2.54. The highest BCUT2D eigenvalue weighted by Gasteiger charge is 2.33. The molecule has 0 aromatic rings. The molecule has 13 heavy (non-hydrogen) atoms. The van der Waals surface area contributed by atoms with Crippen LogP contribution in [-0.4, -0.2) is 50.7 Å². The molecule has 0 radical (unpaired) electrons. The number of nitrogens with zero attached hydrogens (tertiary/aromatic N) is 1. The van der Waals surface area contributed by atoms with Gasteiger partial charge in [-0.2, -0.15) is 0 Å². The maximum absolute atomic E-state index is 10.8. The summed E-state index contributed by atoms with van der Waals surface area (Å²) < 4.78 is 6.27. The van der Waals surface area contributed by atoms with Gasteiger partial charge in [0.15, 0.2) is 0 Å². The summed E-state index contributed by atoms with van der Waals surface area (Å²) in [6, 6.07) is 0. The Bertz CT molecular complexity index is 183. The van der Waals surface area contributed by atoms with E-state index in [4.69, 9.17) is 4.74 Å². The summed E-state index contributed by atoms with van der Waals surface area (Å²) in [7, 11) is 2.20. The van der Waals surface area contributed by atoms with Crippen molar-refractivity contribution in [1.82, 2.24) is 0 Å². The van der Waals surface area contributed by atoms with Crippen LogP contribution in [0.15, 0.2) is 0 Å². The Hall–Kier alpha value is -0.410. The Morgan fingerprint density at radius 2 is 1.92 bits per heavy atom. The predicted molar refractivity (Wildman–Crippen MR) is 51.4 cm³/mol. The zero-order chi connectivity index (χ0) is 9.95. The van der Waals surface area contributed by atoms with Crippen molar-refractivity contribution in [1.29, 1.82) is 0 Å². The summed E-state index contributed by atoms with van der Waals surface area (Å²) in [6.07, 6.45) is 1.06. The van der Waals surface area contributed by atoms with Crippen LogP contribution < -0.4 is 0 Å². The quantitative estimate of drug-likeness (QED) is 0.479. The molecule has 3 heteroatoms. The Morgan fingerprint density at radius 3 is 2.38 bits per heavy atom. The standard InChI is InChI=1S/C10H20NO2/c1-10(2,9-12)8-11(3)4-6-13-7-5-11/h9H,4-8H2,1-3H3/q+1. The lowest BCUT2D eigenvalue weighted by molar-refractivity contribution is -0.921. The highest BCUT2D eigenvalue weighted by Crippen LogP contribution is 2.19. The molecular weight excluding hydrogens is 166 g/mol. The lowest BCUT2D eigenvalue weighted by atomic mass is 9.94. The van der Waals surface area contributed by atoms with Crippen LogP contribution in [0.25, 0.3) is 0 Å². The van der Waals surface area contributed by atoms with Gasteiger partial charge in [0, 0.05) is 0 Å². The highest BCUT2D eigenvalue weighted by atomic mass is 16.5. The van der Waals surface area contributed by atoms with E-state index in [0.29, 0.717) is 0 Å². The van der Waals surface area contributed by atoms with E-state index in [1.165, 1.54) is 0 Å². The van der Waals surface area contributed by atoms with Crippen LogP contribution in [0.3, 0.4) is 0 Å². The lowest BCUT2D eigenvalue weighted by Crippen LogP contribution is -2.56. The first-order chi connectivity index (χ1) is 5.97. The molecule has 0 spiro atoms. The van der Waals surface area contributed by atoms with Crippen molar-refractivity contribution in [3.8, 4) is 0 Å². The molecule has 0 bridgehead atoms. The molecule has 1 rings (SSSR count). The minimum Gasteiger partial charge on any atom is -0.370 e. The number of likely N-dealkylation sites (N-methyl/N-ethyl adjacent to an activating group) is 1. The Kier molecular flexibility index (Phi) is 3.09. The third-order valence-corrected chi connectivity index (χ3v) is 2.66.